The van der Waals surface area contributed by atoms with Gasteiger partial charge in [-0.3, -0.25) is 5.41 Å². The molecule has 0 saturated heterocycles. The van der Waals surface area contributed by atoms with Crippen LogP contribution in [0.15, 0.2) is 18.2 Å². The molecule has 1 aromatic carbocycles. The van der Waals surface area contributed by atoms with Crippen LogP contribution >= 0.6 is 0 Å². The predicted molar refractivity (Wildman–Crippen MR) is 74.3 cm³/mol. The van der Waals surface area contributed by atoms with Crippen LogP contribution in [0.2, 0.25) is 0 Å². The van der Waals surface area contributed by atoms with Gasteiger partial charge in [-0.2, -0.15) is 0 Å². The zero-order chi connectivity index (χ0) is 13.0. The molecular formula is C15H22N2O. The van der Waals surface area contributed by atoms with Gasteiger partial charge in [-0.15, -0.1) is 0 Å². The number of hydrogen-bond donors (Lipinski definition) is 2. The summed E-state index contributed by atoms with van der Waals surface area (Å²) in [6.07, 6.45) is 6.53. The van der Waals surface area contributed by atoms with Crippen molar-refractivity contribution in [1.82, 2.24) is 0 Å². The van der Waals surface area contributed by atoms with E-state index in [-0.39, 0.29) is 5.84 Å². The van der Waals surface area contributed by atoms with Gasteiger partial charge in [0.15, 0.2) is 0 Å². The van der Waals surface area contributed by atoms with Crippen LogP contribution in [0.3, 0.4) is 0 Å². The Labute approximate surface area is 109 Å². The quantitative estimate of drug-likeness (QED) is 0.633. The van der Waals surface area contributed by atoms with E-state index in [1.54, 1.807) is 0 Å². The summed E-state index contributed by atoms with van der Waals surface area (Å²) in [5.41, 5.74) is 7.41. The van der Waals surface area contributed by atoms with E-state index in [1.165, 1.54) is 32.1 Å². The van der Waals surface area contributed by atoms with Gasteiger partial charge in [-0.05, 0) is 37.8 Å². The molecule has 3 nitrogen and oxygen atoms in total. The number of amidine groups is 1. The second-order valence-corrected chi connectivity index (χ2v) is 5.23. The second kappa shape index (κ2) is 5.89. The van der Waals surface area contributed by atoms with Crippen molar-refractivity contribution in [3.05, 3.63) is 29.3 Å². The Kier molecular flexibility index (Phi) is 4.24. The monoisotopic (exact) mass is 246 g/mol. The number of ether oxygens (including phenoxy) is 1. The lowest BCUT2D eigenvalue weighted by molar-refractivity contribution is 0.208. The molecular weight excluding hydrogens is 224 g/mol. The summed E-state index contributed by atoms with van der Waals surface area (Å²) in [4.78, 5) is 0. The summed E-state index contributed by atoms with van der Waals surface area (Å²) in [5, 5.41) is 7.59. The van der Waals surface area contributed by atoms with Crippen molar-refractivity contribution >= 4 is 5.84 Å². The molecule has 98 valence electrons. The van der Waals surface area contributed by atoms with Crippen molar-refractivity contribution in [2.24, 2.45) is 11.7 Å². The molecule has 1 fully saturated rings. The molecule has 18 heavy (non-hydrogen) atoms. The second-order valence-electron chi connectivity index (χ2n) is 5.23. The molecule has 1 aromatic rings. The van der Waals surface area contributed by atoms with Crippen LogP contribution in [0.25, 0.3) is 0 Å². The number of aryl methyl sites for hydroxylation is 1. The molecule has 0 heterocycles. The Morgan fingerprint density at radius 3 is 2.72 bits per heavy atom. The Bertz CT molecular complexity index is 423. The molecule has 1 aliphatic rings. The first-order chi connectivity index (χ1) is 8.66. The molecule has 0 unspecified atom stereocenters. The molecule has 0 spiro atoms. The minimum Gasteiger partial charge on any atom is -0.493 e. The van der Waals surface area contributed by atoms with Gasteiger partial charge in [0.1, 0.15) is 11.6 Å². The van der Waals surface area contributed by atoms with E-state index in [0.717, 1.165) is 17.9 Å². The van der Waals surface area contributed by atoms with Gasteiger partial charge in [-0.25, -0.2) is 0 Å². The van der Waals surface area contributed by atoms with Crippen molar-refractivity contribution < 1.29 is 4.74 Å². The minimum absolute atomic E-state index is 0.0809. The Hall–Kier alpha value is -1.51. The normalized spacial score (nSPS) is 16.5. The zero-order valence-electron chi connectivity index (χ0n) is 11.0. The lowest BCUT2D eigenvalue weighted by atomic mass is 9.90. The largest absolute Gasteiger partial charge is 0.493 e. The highest BCUT2D eigenvalue weighted by atomic mass is 16.5. The van der Waals surface area contributed by atoms with E-state index >= 15 is 0 Å². The third-order valence-corrected chi connectivity index (χ3v) is 3.62. The third kappa shape index (κ3) is 3.25. The third-order valence-electron chi connectivity index (χ3n) is 3.62. The first kappa shape index (κ1) is 12.9. The Morgan fingerprint density at radius 2 is 2.06 bits per heavy atom. The van der Waals surface area contributed by atoms with Crippen molar-refractivity contribution in [3.63, 3.8) is 0 Å². The molecule has 1 saturated carbocycles. The van der Waals surface area contributed by atoms with Gasteiger partial charge < -0.3 is 10.5 Å². The number of rotatable bonds is 4. The van der Waals surface area contributed by atoms with Gasteiger partial charge >= 0.3 is 0 Å². The highest BCUT2D eigenvalue weighted by Crippen LogP contribution is 2.26. The van der Waals surface area contributed by atoms with Gasteiger partial charge in [0.25, 0.3) is 0 Å². The summed E-state index contributed by atoms with van der Waals surface area (Å²) in [6, 6.07) is 5.84. The summed E-state index contributed by atoms with van der Waals surface area (Å²) >= 11 is 0. The minimum atomic E-state index is 0.0809. The Balaban J connectivity index is 2.01. The van der Waals surface area contributed by atoms with E-state index in [0.29, 0.717) is 11.5 Å². The summed E-state index contributed by atoms with van der Waals surface area (Å²) in [7, 11) is 0. The van der Waals surface area contributed by atoms with Gasteiger partial charge in [0, 0.05) is 0 Å². The molecule has 1 aliphatic carbocycles. The van der Waals surface area contributed by atoms with E-state index < -0.39 is 0 Å². The van der Waals surface area contributed by atoms with Crippen molar-refractivity contribution in [2.75, 3.05) is 6.61 Å². The topological polar surface area (TPSA) is 59.1 Å². The van der Waals surface area contributed by atoms with Gasteiger partial charge in [-0.1, -0.05) is 30.9 Å². The molecule has 0 aliphatic heterocycles. The van der Waals surface area contributed by atoms with Crippen molar-refractivity contribution in [3.8, 4) is 5.75 Å². The predicted octanol–water partition coefficient (Wildman–Crippen LogP) is 3.24. The SMILES string of the molecule is Cc1ccc(OCC2CCCCC2)c(C(=N)N)c1. The highest BCUT2D eigenvalue weighted by molar-refractivity contribution is 5.97. The maximum Gasteiger partial charge on any atom is 0.130 e. The molecule has 3 N–H and O–H groups in total. The molecule has 0 aromatic heterocycles. The van der Waals surface area contributed by atoms with Crippen LogP contribution in [0.4, 0.5) is 0 Å². The highest BCUT2D eigenvalue weighted by Gasteiger charge is 2.15. The average molecular weight is 246 g/mol. The van der Waals surface area contributed by atoms with Crippen molar-refractivity contribution in [1.29, 1.82) is 5.41 Å². The van der Waals surface area contributed by atoms with Gasteiger partial charge in [0.2, 0.25) is 0 Å². The van der Waals surface area contributed by atoms with Crippen molar-refractivity contribution in [2.45, 2.75) is 39.0 Å². The van der Waals surface area contributed by atoms with E-state index in [4.69, 9.17) is 15.9 Å². The summed E-state index contributed by atoms with van der Waals surface area (Å²) < 4.78 is 5.87. The zero-order valence-corrected chi connectivity index (χ0v) is 11.0. The number of benzene rings is 1. The average Bonchev–Trinajstić information content (AvgIpc) is 2.38. The maximum atomic E-state index is 7.59. The molecule has 0 amide bonds. The number of nitrogens with one attached hydrogen (secondary N) is 1. The molecule has 3 heteroatoms. The molecule has 0 atom stereocenters. The van der Waals surface area contributed by atoms with Crippen LogP contribution in [0.5, 0.6) is 5.75 Å². The smallest absolute Gasteiger partial charge is 0.130 e. The van der Waals surface area contributed by atoms with Crippen LogP contribution in [-0.2, 0) is 0 Å². The van der Waals surface area contributed by atoms with E-state index in [9.17, 15) is 0 Å². The first-order valence-corrected chi connectivity index (χ1v) is 6.74. The number of hydrogen-bond acceptors (Lipinski definition) is 2. The van der Waals surface area contributed by atoms with Crippen LogP contribution in [0, 0.1) is 18.3 Å². The number of nitrogens with two attached hydrogens (primary N) is 1. The van der Waals surface area contributed by atoms with E-state index in [2.05, 4.69) is 0 Å². The van der Waals surface area contributed by atoms with Gasteiger partial charge in [0.05, 0.1) is 12.2 Å². The Morgan fingerprint density at radius 1 is 1.33 bits per heavy atom. The fraction of sp³-hybridized carbons (Fsp3) is 0.533. The number of nitrogen functional groups attached to an aromatic ring is 1. The lowest BCUT2D eigenvalue weighted by Gasteiger charge is -2.22. The van der Waals surface area contributed by atoms with E-state index in [1.807, 2.05) is 25.1 Å². The molecule has 2 rings (SSSR count). The lowest BCUT2D eigenvalue weighted by Crippen LogP contribution is -2.18. The molecule has 0 radical (unpaired) electrons. The summed E-state index contributed by atoms with van der Waals surface area (Å²) in [5.74, 6) is 1.50. The van der Waals surface area contributed by atoms with Crippen LogP contribution in [0.1, 0.15) is 43.2 Å². The first-order valence-electron chi connectivity index (χ1n) is 6.74. The fourth-order valence-corrected chi connectivity index (χ4v) is 2.54. The van der Waals surface area contributed by atoms with Crippen LogP contribution < -0.4 is 10.5 Å². The fourth-order valence-electron chi connectivity index (χ4n) is 2.54. The standard InChI is InChI=1S/C15H22N2O/c1-11-7-8-14(13(9-11)15(16)17)18-10-12-5-3-2-4-6-12/h7-9,12H,2-6,10H2,1H3,(H3,16,17). The van der Waals surface area contributed by atoms with Crippen LogP contribution in [-0.4, -0.2) is 12.4 Å². The molecule has 0 bridgehead atoms. The summed E-state index contributed by atoms with van der Waals surface area (Å²) in [6.45, 7) is 2.75. The maximum absolute atomic E-state index is 7.59.